The van der Waals surface area contributed by atoms with E-state index in [0.717, 1.165) is 32.2 Å². The first kappa shape index (κ1) is 14.9. The Morgan fingerprint density at radius 2 is 2.40 bits per heavy atom. The van der Waals surface area contributed by atoms with Crippen molar-refractivity contribution in [3.63, 3.8) is 0 Å². The van der Waals surface area contributed by atoms with Crippen molar-refractivity contribution in [2.75, 3.05) is 6.54 Å². The molecule has 0 radical (unpaired) electrons. The predicted octanol–water partition coefficient (Wildman–Crippen LogP) is 1.38. The Morgan fingerprint density at radius 1 is 1.60 bits per heavy atom. The summed E-state index contributed by atoms with van der Waals surface area (Å²) >= 11 is 1.25. The fourth-order valence-electron chi connectivity index (χ4n) is 2.57. The molecule has 1 fully saturated rings. The minimum Gasteiger partial charge on any atom is -0.476 e. The lowest BCUT2D eigenvalue weighted by Gasteiger charge is -2.27. The molecule has 1 amide bonds. The number of hydrogen-bond acceptors (Lipinski definition) is 5. The van der Waals surface area contributed by atoms with Crippen molar-refractivity contribution < 1.29 is 14.7 Å². The van der Waals surface area contributed by atoms with E-state index < -0.39 is 11.5 Å². The number of rotatable bonds is 6. The number of carboxylic acid groups (broad SMARTS) is 1. The smallest absolute Gasteiger partial charge is 0.355 e. The van der Waals surface area contributed by atoms with Gasteiger partial charge in [-0.05, 0) is 25.8 Å². The molecule has 2 rings (SSSR count). The van der Waals surface area contributed by atoms with Crippen molar-refractivity contribution in [2.24, 2.45) is 0 Å². The Bertz CT molecular complexity index is 495. The van der Waals surface area contributed by atoms with Gasteiger partial charge in [0, 0.05) is 5.38 Å². The van der Waals surface area contributed by atoms with Crippen LogP contribution in [0.15, 0.2) is 5.38 Å². The molecule has 0 aliphatic carbocycles. The van der Waals surface area contributed by atoms with Crippen LogP contribution in [-0.2, 0) is 11.3 Å². The number of carbonyl (C=O) groups is 2. The van der Waals surface area contributed by atoms with E-state index >= 15 is 0 Å². The van der Waals surface area contributed by atoms with Crippen LogP contribution in [0.4, 0.5) is 0 Å². The summed E-state index contributed by atoms with van der Waals surface area (Å²) < 4.78 is 0. The minimum absolute atomic E-state index is 0.0103. The average Bonchev–Trinajstić information content (AvgIpc) is 3.06. The molecule has 1 aliphatic heterocycles. The van der Waals surface area contributed by atoms with Crippen LogP contribution in [0.3, 0.4) is 0 Å². The molecular formula is C13H19N3O3S. The zero-order chi connectivity index (χ0) is 14.6. The third-order valence-corrected chi connectivity index (χ3v) is 4.37. The molecule has 110 valence electrons. The number of carboxylic acids is 1. The van der Waals surface area contributed by atoms with Gasteiger partial charge in [-0.3, -0.25) is 4.79 Å². The third-order valence-electron chi connectivity index (χ3n) is 3.53. The van der Waals surface area contributed by atoms with E-state index in [1.165, 1.54) is 16.7 Å². The van der Waals surface area contributed by atoms with Crippen LogP contribution in [0.25, 0.3) is 0 Å². The van der Waals surface area contributed by atoms with Gasteiger partial charge in [0.2, 0.25) is 5.91 Å². The lowest BCUT2D eigenvalue weighted by Crippen LogP contribution is -2.53. The Balaban J connectivity index is 1.95. The monoisotopic (exact) mass is 297 g/mol. The SMILES string of the molecule is CCCC1(C(=O)NCc2nc(C(=O)O)cs2)CCCN1. The molecule has 7 heteroatoms. The highest BCUT2D eigenvalue weighted by Gasteiger charge is 2.39. The van der Waals surface area contributed by atoms with Crippen LogP contribution >= 0.6 is 11.3 Å². The van der Waals surface area contributed by atoms with Crippen molar-refractivity contribution in [2.45, 2.75) is 44.7 Å². The lowest BCUT2D eigenvalue weighted by atomic mass is 9.91. The highest BCUT2D eigenvalue weighted by atomic mass is 32.1. The van der Waals surface area contributed by atoms with Gasteiger partial charge in [0.05, 0.1) is 12.1 Å². The average molecular weight is 297 g/mol. The topological polar surface area (TPSA) is 91.3 Å². The van der Waals surface area contributed by atoms with Gasteiger partial charge in [-0.1, -0.05) is 13.3 Å². The van der Waals surface area contributed by atoms with E-state index in [1.54, 1.807) is 0 Å². The molecule has 1 atom stereocenters. The molecular weight excluding hydrogens is 278 g/mol. The van der Waals surface area contributed by atoms with E-state index in [0.29, 0.717) is 5.01 Å². The second kappa shape index (κ2) is 6.32. The molecule has 1 unspecified atom stereocenters. The van der Waals surface area contributed by atoms with Crippen molar-refractivity contribution >= 4 is 23.2 Å². The quantitative estimate of drug-likeness (QED) is 0.738. The first-order chi connectivity index (χ1) is 9.57. The number of amides is 1. The summed E-state index contributed by atoms with van der Waals surface area (Å²) in [5, 5.41) is 17.1. The summed E-state index contributed by atoms with van der Waals surface area (Å²) in [5.74, 6) is -1.05. The zero-order valence-electron chi connectivity index (χ0n) is 11.4. The Labute approximate surface area is 121 Å². The molecule has 1 saturated heterocycles. The summed E-state index contributed by atoms with van der Waals surface area (Å²) in [7, 11) is 0. The predicted molar refractivity (Wildman–Crippen MR) is 75.8 cm³/mol. The van der Waals surface area contributed by atoms with Gasteiger partial charge in [-0.15, -0.1) is 11.3 Å². The first-order valence-corrected chi connectivity index (χ1v) is 7.66. The summed E-state index contributed by atoms with van der Waals surface area (Å²) in [5.41, 5.74) is -0.428. The molecule has 2 heterocycles. The van der Waals surface area contributed by atoms with Crippen molar-refractivity contribution in [3.05, 3.63) is 16.1 Å². The number of nitrogens with zero attached hydrogens (tertiary/aromatic N) is 1. The standard InChI is InChI=1S/C13H19N3O3S/c1-2-4-13(5-3-6-15-13)12(19)14-7-10-16-9(8-20-10)11(17)18/h8,15H,2-7H2,1H3,(H,14,19)(H,17,18). The fourth-order valence-corrected chi connectivity index (χ4v) is 3.28. The minimum atomic E-state index is -1.04. The number of nitrogens with one attached hydrogen (secondary N) is 2. The van der Waals surface area contributed by atoms with Gasteiger partial charge >= 0.3 is 5.97 Å². The van der Waals surface area contributed by atoms with Crippen LogP contribution in [-0.4, -0.2) is 34.1 Å². The number of aromatic nitrogens is 1. The number of hydrogen-bond donors (Lipinski definition) is 3. The Hall–Kier alpha value is -1.47. The van der Waals surface area contributed by atoms with E-state index in [2.05, 4.69) is 22.5 Å². The van der Waals surface area contributed by atoms with E-state index in [4.69, 9.17) is 5.11 Å². The van der Waals surface area contributed by atoms with Gasteiger partial charge in [0.1, 0.15) is 5.01 Å². The van der Waals surface area contributed by atoms with E-state index in [-0.39, 0.29) is 18.1 Å². The maximum atomic E-state index is 12.4. The van der Waals surface area contributed by atoms with Gasteiger partial charge in [-0.2, -0.15) is 0 Å². The zero-order valence-corrected chi connectivity index (χ0v) is 12.3. The van der Waals surface area contributed by atoms with Crippen LogP contribution in [0.2, 0.25) is 0 Å². The highest BCUT2D eigenvalue weighted by molar-refractivity contribution is 7.09. The van der Waals surface area contributed by atoms with Gasteiger partial charge in [0.15, 0.2) is 5.69 Å². The van der Waals surface area contributed by atoms with E-state index in [9.17, 15) is 9.59 Å². The maximum absolute atomic E-state index is 12.4. The second-order valence-electron chi connectivity index (χ2n) is 4.98. The second-order valence-corrected chi connectivity index (χ2v) is 5.92. The molecule has 1 aromatic rings. The molecule has 0 spiro atoms. The Morgan fingerprint density at radius 3 is 2.95 bits per heavy atom. The molecule has 20 heavy (non-hydrogen) atoms. The number of thiazole rings is 1. The van der Waals surface area contributed by atoms with E-state index in [1.807, 2.05) is 0 Å². The van der Waals surface area contributed by atoms with Gasteiger partial charge < -0.3 is 15.7 Å². The molecule has 6 nitrogen and oxygen atoms in total. The molecule has 0 aromatic carbocycles. The lowest BCUT2D eigenvalue weighted by molar-refractivity contribution is -0.127. The van der Waals surface area contributed by atoms with Crippen LogP contribution in [0, 0.1) is 0 Å². The van der Waals surface area contributed by atoms with Gasteiger partial charge in [-0.25, -0.2) is 9.78 Å². The third kappa shape index (κ3) is 3.16. The van der Waals surface area contributed by atoms with Crippen molar-refractivity contribution in [1.29, 1.82) is 0 Å². The first-order valence-electron chi connectivity index (χ1n) is 6.78. The van der Waals surface area contributed by atoms with Crippen molar-refractivity contribution in [3.8, 4) is 0 Å². The Kier molecular flexibility index (Phi) is 4.72. The summed E-state index contributed by atoms with van der Waals surface area (Å²) in [6, 6.07) is 0. The summed E-state index contributed by atoms with van der Waals surface area (Å²) in [6.07, 6.45) is 3.62. The largest absolute Gasteiger partial charge is 0.476 e. The number of carbonyl (C=O) groups excluding carboxylic acids is 1. The molecule has 1 aliphatic rings. The summed E-state index contributed by atoms with van der Waals surface area (Å²) in [6.45, 7) is 3.22. The number of aromatic carboxylic acids is 1. The fraction of sp³-hybridized carbons (Fsp3) is 0.615. The van der Waals surface area contributed by atoms with Crippen LogP contribution in [0.5, 0.6) is 0 Å². The van der Waals surface area contributed by atoms with Crippen molar-refractivity contribution in [1.82, 2.24) is 15.6 Å². The van der Waals surface area contributed by atoms with Crippen LogP contribution in [0.1, 0.15) is 48.1 Å². The normalized spacial score (nSPS) is 21.9. The summed E-state index contributed by atoms with van der Waals surface area (Å²) in [4.78, 5) is 27.1. The highest BCUT2D eigenvalue weighted by Crippen LogP contribution is 2.25. The molecule has 0 bridgehead atoms. The maximum Gasteiger partial charge on any atom is 0.355 e. The van der Waals surface area contributed by atoms with Crippen LogP contribution < -0.4 is 10.6 Å². The molecule has 1 aromatic heterocycles. The molecule has 0 saturated carbocycles. The van der Waals surface area contributed by atoms with Gasteiger partial charge in [0.25, 0.3) is 0 Å². The molecule has 3 N–H and O–H groups in total.